The molecule has 0 radical (unpaired) electrons. The van der Waals surface area contributed by atoms with Crippen molar-refractivity contribution in [2.24, 2.45) is 0 Å². The topological polar surface area (TPSA) is 29.1 Å². The fraction of sp³-hybridized carbons (Fsp3) is 0.441. The van der Waals surface area contributed by atoms with Crippen molar-refractivity contribution in [3.05, 3.63) is 95.6 Å². The van der Waals surface area contributed by atoms with Gasteiger partial charge in [0.25, 0.3) is 5.91 Å². The lowest BCUT2D eigenvalue weighted by Gasteiger charge is -2.07. The first-order valence-corrected chi connectivity index (χ1v) is 14.3. The Balaban J connectivity index is 1.26. The molecule has 36 heavy (non-hydrogen) atoms. The largest absolute Gasteiger partial charge is 0.352 e. The fourth-order valence-electron chi connectivity index (χ4n) is 4.73. The van der Waals surface area contributed by atoms with Crippen molar-refractivity contribution in [3.63, 3.8) is 0 Å². The first-order chi connectivity index (χ1) is 17.8. The van der Waals surface area contributed by atoms with E-state index in [9.17, 15) is 4.79 Å². The highest BCUT2D eigenvalue weighted by atomic mass is 16.1. The number of carbonyl (C=O) groups excluding carboxylic acids is 1. The average Bonchev–Trinajstić information content (AvgIpc) is 2.93. The van der Waals surface area contributed by atoms with Crippen LogP contribution >= 0.6 is 0 Å². The maximum atomic E-state index is 12.4. The zero-order chi connectivity index (χ0) is 25.3. The highest BCUT2D eigenvalue weighted by Crippen LogP contribution is 2.20. The van der Waals surface area contributed by atoms with Gasteiger partial charge in [-0.15, -0.1) is 0 Å². The Morgan fingerprint density at radius 3 is 1.64 bits per heavy atom. The molecule has 0 unspecified atom stereocenters. The van der Waals surface area contributed by atoms with Crippen LogP contribution in [0.3, 0.4) is 0 Å². The van der Waals surface area contributed by atoms with E-state index in [1.807, 2.05) is 12.1 Å². The predicted octanol–water partition coefficient (Wildman–Crippen LogP) is 9.18. The summed E-state index contributed by atoms with van der Waals surface area (Å²) < 4.78 is 0. The number of hydrogen-bond donors (Lipinski definition) is 1. The normalized spacial score (nSPS) is 10.9. The van der Waals surface area contributed by atoms with Crippen molar-refractivity contribution < 1.29 is 4.79 Å². The van der Waals surface area contributed by atoms with Crippen molar-refractivity contribution in [3.8, 4) is 11.1 Å². The van der Waals surface area contributed by atoms with E-state index in [1.165, 1.54) is 80.0 Å². The van der Waals surface area contributed by atoms with Gasteiger partial charge in [-0.2, -0.15) is 0 Å². The second kappa shape index (κ2) is 16.7. The first-order valence-electron chi connectivity index (χ1n) is 14.3. The van der Waals surface area contributed by atoms with Gasteiger partial charge in [0, 0.05) is 12.1 Å². The third kappa shape index (κ3) is 10.4. The lowest BCUT2D eigenvalue weighted by molar-refractivity contribution is 0.0953. The summed E-state index contributed by atoms with van der Waals surface area (Å²) >= 11 is 0. The first kappa shape index (κ1) is 27.7. The van der Waals surface area contributed by atoms with Crippen molar-refractivity contribution in [1.29, 1.82) is 0 Å². The number of amides is 1. The van der Waals surface area contributed by atoms with Gasteiger partial charge in [0.2, 0.25) is 0 Å². The van der Waals surface area contributed by atoms with Crippen LogP contribution < -0.4 is 5.32 Å². The SMILES string of the molecule is CCCCCCCCCCCCNC(=O)c1ccc(CCCc2ccc(-c3ccccc3)cc2)cc1. The van der Waals surface area contributed by atoms with Crippen molar-refractivity contribution in [1.82, 2.24) is 5.32 Å². The van der Waals surface area contributed by atoms with Crippen LogP contribution in [0.4, 0.5) is 0 Å². The van der Waals surface area contributed by atoms with Crippen LogP contribution in [0.25, 0.3) is 11.1 Å². The number of benzene rings is 3. The van der Waals surface area contributed by atoms with Crippen molar-refractivity contribution >= 4 is 5.91 Å². The van der Waals surface area contributed by atoms with Gasteiger partial charge in [0.15, 0.2) is 0 Å². The molecule has 0 atom stereocenters. The van der Waals surface area contributed by atoms with Gasteiger partial charge in [0.1, 0.15) is 0 Å². The minimum Gasteiger partial charge on any atom is -0.352 e. The van der Waals surface area contributed by atoms with Crippen LogP contribution in [0.1, 0.15) is 99.0 Å². The van der Waals surface area contributed by atoms with E-state index >= 15 is 0 Å². The predicted molar refractivity (Wildman–Crippen MR) is 155 cm³/mol. The maximum absolute atomic E-state index is 12.4. The van der Waals surface area contributed by atoms with Crippen LogP contribution in [-0.4, -0.2) is 12.5 Å². The van der Waals surface area contributed by atoms with Crippen LogP contribution in [0.5, 0.6) is 0 Å². The molecule has 2 nitrogen and oxygen atoms in total. The molecule has 192 valence electrons. The van der Waals surface area contributed by atoms with Gasteiger partial charge < -0.3 is 5.32 Å². The zero-order valence-electron chi connectivity index (χ0n) is 22.3. The molecule has 0 aliphatic rings. The summed E-state index contributed by atoms with van der Waals surface area (Å²) in [5.74, 6) is 0.0518. The monoisotopic (exact) mass is 483 g/mol. The maximum Gasteiger partial charge on any atom is 0.251 e. The summed E-state index contributed by atoms with van der Waals surface area (Å²) in [5.41, 5.74) is 5.96. The minimum absolute atomic E-state index is 0.0518. The van der Waals surface area contributed by atoms with Crippen molar-refractivity contribution in [2.45, 2.75) is 90.4 Å². The number of carbonyl (C=O) groups is 1. The second-order valence-electron chi connectivity index (χ2n) is 10.1. The Bertz CT molecular complexity index is 976. The number of unbranched alkanes of at least 4 members (excludes halogenated alkanes) is 9. The molecule has 0 spiro atoms. The summed E-state index contributed by atoms with van der Waals surface area (Å²) in [6, 6.07) is 27.6. The molecule has 0 bridgehead atoms. The van der Waals surface area contributed by atoms with Gasteiger partial charge in [0.05, 0.1) is 0 Å². The molecule has 0 fully saturated rings. The molecule has 1 amide bonds. The Morgan fingerprint density at radius 1 is 0.556 bits per heavy atom. The van der Waals surface area contributed by atoms with Gasteiger partial charge in [-0.05, 0) is 60.1 Å². The Kier molecular flexibility index (Phi) is 12.9. The molecule has 1 N–H and O–H groups in total. The Hall–Kier alpha value is -2.87. The van der Waals surface area contributed by atoms with E-state index in [4.69, 9.17) is 0 Å². The summed E-state index contributed by atoms with van der Waals surface area (Å²) in [6.45, 7) is 3.04. The van der Waals surface area contributed by atoms with Gasteiger partial charge >= 0.3 is 0 Å². The van der Waals surface area contributed by atoms with Crippen LogP contribution in [0, 0.1) is 0 Å². The van der Waals surface area contributed by atoms with Crippen LogP contribution in [-0.2, 0) is 12.8 Å². The van der Waals surface area contributed by atoms with E-state index in [2.05, 4.69) is 79.0 Å². The van der Waals surface area contributed by atoms with Gasteiger partial charge in [-0.25, -0.2) is 0 Å². The number of aryl methyl sites for hydroxylation is 2. The molecule has 3 rings (SSSR count). The van der Waals surface area contributed by atoms with Gasteiger partial charge in [-0.1, -0.05) is 131 Å². The zero-order valence-corrected chi connectivity index (χ0v) is 22.3. The number of nitrogens with one attached hydrogen (secondary N) is 1. The molecule has 0 aliphatic heterocycles. The molecule has 0 heterocycles. The molecule has 2 heteroatoms. The molecule has 3 aromatic rings. The smallest absolute Gasteiger partial charge is 0.251 e. The van der Waals surface area contributed by atoms with Crippen molar-refractivity contribution in [2.75, 3.05) is 6.54 Å². The molecule has 3 aromatic carbocycles. The van der Waals surface area contributed by atoms with E-state index < -0.39 is 0 Å². The molecular weight excluding hydrogens is 438 g/mol. The second-order valence-corrected chi connectivity index (χ2v) is 10.1. The molecular formula is C34H45NO. The summed E-state index contributed by atoms with van der Waals surface area (Å²) in [6.07, 6.45) is 16.3. The van der Waals surface area contributed by atoms with E-state index in [0.29, 0.717) is 0 Å². The lowest BCUT2D eigenvalue weighted by atomic mass is 10.00. The van der Waals surface area contributed by atoms with E-state index in [0.717, 1.165) is 37.8 Å². The minimum atomic E-state index is 0.0518. The average molecular weight is 484 g/mol. The Morgan fingerprint density at radius 2 is 1.06 bits per heavy atom. The lowest BCUT2D eigenvalue weighted by Crippen LogP contribution is -2.24. The molecule has 0 aromatic heterocycles. The van der Waals surface area contributed by atoms with Crippen LogP contribution in [0.2, 0.25) is 0 Å². The summed E-state index contributed by atoms with van der Waals surface area (Å²) in [4.78, 5) is 12.4. The molecule has 0 aliphatic carbocycles. The quantitative estimate of drug-likeness (QED) is 0.190. The van der Waals surface area contributed by atoms with Crippen LogP contribution in [0.15, 0.2) is 78.9 Å². The standard InChI is InChI=1S/C34H45NO/c1-2-3-4-5-6-7-8-9-10-14-28-35-34(36)33-26-22-30(23-27-33)17-15-16-29-20-24-32(25-21-29)31-18-12-11-13-19-31/h11-13,18-27H,2-10,14-17,28H2,1H3,(H,35,36). The third-order valence-electron chi connectivity index (χ3n) is 7.02. The number of hydrogen-bond acceptors (Lipinski definition) is 1. The molecule has 0 saturated heterocycles. The number of rotatable bonds is 17. The third-order valence-corrected chi connectivity index (χ3v) is 7.02. The Labute approximate surface area is 219 Å². The van der Waals surface area contributed by atoms with E-state index in [1.54, 1.807) is 0 Å². The molecule has 0 saturated carbocycles. The highest BCUT2D eigenvalue weighted by Gasteiger charge is 2.05. The van der Waals surface area contributed by atoms with Gasteiger partial charge in [-0.3, -0.25) is 4.79 Å². The fourth-order valence-corrected chi connectivity index (χ4v) is 4.73. The highest BCUT2D eigenvalue weighted by molar-refractivity contribution is 5.94. The summed E-state index contributed by atoms with van der Waals surface area (Å²) in [5, 5.41) is 3.09. The van der Waals surface area contributed by atoms with E-state index in [-0.39, 0.29) is 5.91 Å². The summed E-state index contributed by atoms with van der Waals surface area (Å²) in [7, 11) is 0.